The van der Waals surface area contributed by atoms with Gasteiger partial charge in [-0.1, -0.05) is 0 Å². The van der Waals surface area contributed by atoms with Crippen LogP contribution >= 0.6 is 0 Å². The van der Waals surface area contributed by atoms with E-state index in [9.17, 15) is 34.5 Å². The summed E-state index contributed by atoms with van der Waals surface area (Å²) in [6.45, 7) is 0.273. The van der Waals surface area contributed by atoms with Crippen molar-refractivity contribution in [2.45, 2.75) is 56.2 Å². The van der Waals surface area contributed by atoms with Crippen LogP contribution in [0.5, 0.6) is 0 Å². The Labute approximate surface area is 165 Å². The molecule has 13 nitrogen and oxygen atoms in total. The first-order valence-corrected chi connectivity index (χ1v) is 8.68. The molecule has 0 unspecified atom stereocenters. The van der Waals surface area contributed by atoms with Crippen LogP contribution in [0.3, 0.4) is 0 Å². The molecule has 6 atom stereocenters. The third-order valence-corrected chi connectivity index (χ3v) is 4.18. The van der Waals surface area contributed by atoms with Gasteiger partial charge in [-0.25, -0.2) is 4.79 Å². The number of primary amides is 1. The molecule has 0 aromatic heterocycles. The molecular weight excluding hydrogens is 392 g/mol. The number of carboxylic acids is 1. The third-order valence-electron chi connectivity index (χ3n) is 4.18. The number of carbonyl (C=O) groups is 4. The van der Waals surface area contributed by atoms with E-state index >= 15 is 0 Å². The molecule has 0 aromatic rings. The lowest BCUT2D eigenvalue weighted by molar-refractivity contribution is -0.147. The van der Waals surface area contributed by atoms with E-state index in [4.69, 9.17) is 21.3 Å². The highest BCUT2D eigenvalue weighted by atomic mass is 16.5. The molecule has 0 saturated heterocycles. The fourth-order valence-corrected chi connectivity index (χ4v) is 2.70. The second kappa shape index (κ2) is 10.7. The van der Waals surface area contributed by atoms with Gasteiger partial charge in [0, 0.05) is 13.3 Å². The minimum atomic E-state index is -1.80. The van der Waals surface area contributed by atoms with Crippen molar-refractivity contribution in [1.29, 1.82) is 0 Å². The molecule has 164 valence electrons. The van der Waals surface area contributed by atoms with Gasteiger partial charge in [-0.3, -0.25) is 14.4 Å². The molecule has 0 aliphatic carbocycles. The van der Waals surface area contributed by atoms with Gasteiger partial charge in [-0.15, -0.1) is 0 Å². The topological polar surface area (TPSA) is 235 Å². The standard InChI is InChI=1S/C16H26N4O9/c1-6(22)19-12-8(20-15(26)7(17)2-3-11(18)24)4-10(16(27)28)29-14(12)13(25)9(23)5-21/h4,7-9,12-14,21,23,25H,2-3,5,17H2,1H3,(H2,18,24)(H,19,22)(H,20,26)(H,27,28)/t7-,8-,9+,12+,13+,14+/m0/s1. The molecule has 0 bridgehead atoms. The Morgan fingerprint density at radius 2 is 1.86 bits per heavy atom. The lowest BCUT2D eigenvalue weighted by Gasteiger charge is -2.40. The molecule has 29 heavy (non-hydrogen) atoms. The highest BCUT2D eigenvalue weighted by Gasteiger charge is 2.44. The molecule has 1 rings (SSSR count). The van der Waals surface area contributed by atoms with Crippen molar-refractivity contribution in [2.24, 2.45) is 11.5 Å². The summed E-state index contributed by atoms with van der Waals surface area (Å²) in [5, 5.41) is 43.1. The Morgan fingerprint density at radius 1 is 1.24 bits per heavy atom. The summed E-state index contributed by atoms with van der Waals surface area (Å²) in [5.41, 5.74) is 10.7. The minimum absolute atomic E-state index is 0.0695. The van der Waals surface area contributed by atoms with Gasteiger partial charge >= 0.3 is 5.97 Å². The predicted octanol–water partition coefficient (Wildman–Crippen LogP) is -4.35. The molecule has 0 fully saturated rings. The van der Waals surface area contributed by atoms with Crippen LogP contribution < -0.4 is 22.1 Å². The Balaban J connectivity index is 3.17. The number of amides is 3. The van der Waals surface area contributed by atoms with E-state index in [0.717, 1.165) is 13.0 Å². The molecular formula is C16H26N4O9. The summed E-state index contributed by atoms with van der Waals surface area (Å²) in [5.74, 6) is -4.22. The smallest absolute Gasteiger partial charge is 0.370 e. The van der Waals surface area contributed by atoms with E-state index in [1.165, 1.54) is 0 Å². The minimum Gasteiger partial charge on any atom is -0.478 e. The molecule has 10 N–H and O–H groups in total. The van der Waals surface area contributed by atoms with Crippen molar-refractivity contribution in [3.63, 3.8) is 0 Å². The number of ether oxygens (including phenoxy) is 1. The summed E-state index contributed by atoms with van der Waals surface area (Å²) in [4.78, 5) is 46.1. The zero-order valence-corrected chi connectivity index (χ0v) is 15.6. The highest BCUT2D eigenvalue weighted by Crippen LogP contribution is 2.23. The second-order valence-corrected chi connectivity index (χ2v) is 6.53. The number of hydrogen-bond acceptors (Lipinski definition) is 9. The average molecular weight is 418 g/mol. The van der Waals surface area contributed by atoms with Gasteiger partial charge in [0.2, 0.25) is 23.5 Å². The average Bonchev–Trinajstić information content (AvgIpc) is 2.65. The first-order valence-electron chi connectivity index (χ1n) is 8.68. The Bertz CT molecular complexity index is 669. The molecule has 1 heterocycles. The predicted molar refractivity (Wildman–Crippen MR) is 95.6 cm³/mol. The fourth-order valence-electron chi connectivity index (χ4n) is 2.70. The van der Waals surface area contributed by atoms with Crippen LogP contribution in [0.1, 0.15) is 19.8 Å². The van der Waals surface area contributed by atoms with Gasteiger partial charge in [-0.2, -0.15) is 0 Å². The van der Waals surface area contributed by atoms with E-state index in [0.29, 0.717) is 0 Å². The summed E-state index contributed by atoms with van der Waals surface area (Å²) in [7, 11) is 0. The zero-order valence-electron chi connectivity index (χ0n) is 15.6. The molecule has 1 aliphatic heterocycles. The molecule has 0 saturated carbocycles. The van der Waals surface area contributed by atoms with E-state index in [2.05, 4.69) is 10.6 Å². The summed E-state index contributed by atoms with van der Waals surface area (Å²) in [6, 6.07) is -3.56. The van der Waals surface area contributed by atoms with Crippen LogP contribution in [0.15, 0.2) is 11.8 Å². The second-order valence-electron chi connectivity index (χ2n) is 6.53. The van der Waals surface area contributed by atoms with Crippen LogP contribution in [-0.4, -0.2) is 87.2 Å². The lowest BCUT2D eigenvalue weighted by atomic mass is 9.91. The maximum atomic E-state index is 12.3. The zero-order chi connectivity index (χ0) is 22.3. The maximum Gasteiger partial charge on any atom is 0.370 e. The Kier molecular flexibility index (Phi) is 8.97. The number of aliphatic carboxylic acids is 1. The van der Waals surface area contributed by atoms with Crippen molar-refractivity contribution < 1.29 is 44.3 Å². The molecule has 0 aromatic carbocycles. The van der Waals surface area contributed by atoms with E-state index in [1.807, 2.05) is 0 Å². The van der Waals surface area contributed by atoms with Gasteiger partial charge in [0.25, 0.3) is 0 Å². The number of carboxylic acid groups (broad SMARTS) is 1. The van der Waals surface area contributed by atoms with Crippen molar-refractivity contribution in [1.82, 2.24) is 10.6 Å². The number of nitrogens with one attached hydrogen (secondary N) is 2. The number of rotatable bonds is 10. The maximum absolute atomic E-state index is 12.3. The number of hydrogen-bond donors (Lipinski definition) is 8. The van der Waals surface area contributed by atoms with Crippen LogP contribution in [0, 0.1) is 0 Å². The number of nitrogens with two attached hydrogens (primary N) is 2. The van der Waals surface area contributed by atoms with E-state index in [1.54, 1.807) is 0 Å². The molecule has 0 spiro atoms. The van der Waals surface area contributed by atoms with Crippen LogP contribution in [-0.2, 0) is 23.9 Å². The highest BCUT2D eigenvalue weighted by molar-refractivity contribution is 5.86. The van der Waals surface area contributed by atoms with Crippen LogP contribution in [0.25, 0.3) is 0 Å². The number of aliphatic hydroxyl groups is 3. The van der Waals surface area contributed by atoms with Gasteiger partial charge in [0.15, 0.2) is 0 Å². The monoisotopic (exact) mass is 418 g/mol. The summed E-state index contributed by atoms with van der Waals surface area (Å²) >= 11 is 0. The Morgan fingerprint density at radius 3 is 2.34 bits per heavy atom. The summed E-state index contributed by atoms with van der Waals surface area (Å²) < 4.78 is 5.18. The number of carbonyl (C=O) groups excluding carboxylic acids is 3. The van der Waals surface area contributed by atoms with Crippen molar-refractivity contribution in [3.8, 4) is 0 Å². The van der Waals surface area contributed by atoms with Crippen LogP contribution in [0.4, 0.5) is 0 Å². The summed E-state index contributed by atoms with van der Waals surface area (Å²) in [6.07, 6.45) is -4.26. The van der Waals surface area contributed by atoms with Gasteiger partial charge in [0.1, 0.15) is 18.3 Å². The van der Waals surface area contributed by atoms with Crippen LogP contribution in [0.2, 0.25) is 0 Å². The molecule has 3 amide bonds. The largest absolute Gasteiger partial charge is 0.478 e. The SMILES string of the molecule is CC(=O)N[C@H]1[C@H]([C@H](O)[C@H](O)CO)OC(C(=O)O)=C[C@@H]1NC(=O)[C@@H](N)CCC(N)=O. The molecule has 13 heteroatoms. The van der Waals surface area contributed by atoms with Crippen molar-refractivity contribution in [3.05, 3.63) is 11.8 Å². The molecule has 1 aliphatic rings. The Hall–Kier alpha value is -2.74. The van der Waals surface area contributed by atoms with Gasteiger partial charge in [-0.05, 0) is 12.5 Å². The van der Waals surface area contributed by atoms with Crippen molar-refractivity contribution >= 4 is 23.7 Å². The van der Waals surface area contributed by atoms with Gasteiger partial charge < -0.3 is 47.3 Å². The molecule has 0 radical (unpaired) electrons. The fraction of sp³-hybridized carbons (Fsp3) is 0.625. The van der Waals surface area contributed by atoms with E-state index < -0.39 is 72.5 Å². The van der Waals surface area contributed by atoms with Crippen molar-refractivity contribution in [2.75, 3.05) is 6.61 Å². The first kappa shape index (κ1) is 24.3. The first-order chi connectivity index (χ1) is 13.5. The van der Waals surface area contributed by atoms with E-state index in [-0.39, 0.29) is 12.8 Å². The van der Waals surface area contributed by atoms with Gasteiger partial charge in [0.05, 0.1) is 24.7 Å². The number of aliphatic hydroxyl groups excluding tert-OH is 3. The third kappa shape index (κ3) is 6.98. The quantitative estimate of drug-likeness (QED) is 0.170. The normalized spacial score (nSPS) is 24.3. The lowest BCUT2D eigenvalue weighted by Crippen LogP contribution is -2.64.